The molecule has 2 aliphatic heterocycles. The molecule has 3 heterocycles. The average Bonchev–Trinajstić information content (AvgIpc) is 2.42. The Morgan fingerprint density at radius 1 is 1.32 bits per heavy atom. The monoisotopic (exact) mass is 283 g/mol. The molecular formula is C14H18ClNO3. The van der Waals surface area contributed by atoms with E-state index in [1.165, 1.54) is 0 Å². The van der Waals surface area contributed by atoms with Gasteiger partial charge < -0.3 is 14.2 Å². The van der Waals surface area contributed by atoms with Crippen LogP contribution in [0.25, 0.3) is 0 Å². The first-order valence-electron chi connectivity index (χ1n) is 6.76. The smallest absolute Gasteiger partial charge is 0.171 e. The second kappa shape index (κ2) is 5.65. The van der Waals surface area contributed by atoms with E-state index < -0.39 is 0 Å². The van der Waals surface area contributed by atoms with Crippen LogP contribution in [-0.4, -0.2) is 36.5 Å². The normalized spacial score (nSPS) is 26.3. The Balaban J connectivity index is 1.67. The summed E-state index contributed by atoms with van der Waals surface area (Å²) in [7, 11) is 0. The molecule has 0 aromatic carbocycles. The standard InChI is InChI=1S/C14H18ClNO3/c15-13-12(2-1-6-16-13)19-11-3-7-18-14(10-11)4-8-17-9-5-14/h1-2,6,11H,3-5,7-10H2. The minimum Gasteiger partial charge on any atom is -0.487 e. The molecule has 0 aliphatic carbocycles. The molecule has 0 amide bonds. The minimum atomic E-state index is -0.0597. The predicted molar refractivity (Wildman–Crippen MR) is 71.6 cm³/mol. The van der Waals surface area contributed by atoms with Crippen molar-refractivity contribution in [3.63, 3.8) is 0 Å². The van der Waals surface area contributed by atoms with Crippen molar-refractivity contribution in [2.45, 2.75) is 37.4 Å². The van der Waals surface area contributed by atoms with Gasteiger partial charge in [-0.1, -0.05) is 11.6 Å². The molecule has 1 atom stereocenters. The van der Waals surface area contributed by atoms with Gasteiger partial charge in [-0.25, -0.2) is 4.98 Å². The van der Waals surface area contributed by atoms with E-state index in [2.05, 4.69) is 4.98 Å². The fourth-order valence-electron chi connectivity index (χ4n) is 2.81. The van der Waals surface area contributed by atoms with Crippen LogP contribution < -0.4 is 4.74 Å². The van der Waals surface area contributed by atoms with Crippen molar-refractivity contribution in [1.29, 1.82) is 0 Å². The van der Waals surface area contributed by atoms with Crippen molar-refractivity contribution in [2.24, 2.45) is 0 Å². The summed E-state index contributed by atoms with van der Waals surface area (Å²) in [6.07, 6.45) is 5.52. The number of nitrogens with zero attached hydrogens (tertiary/aromatic N) is 1. The fourth-order valence-corrected chi connectivity index (χ4v) is 2.98. The number of hydrogen-bond donors (Lipinski definition) is 0. The quantitative estimate of drug-likeness (QED) is 0.783. The first kappa shape index (κ1) is 13.2. The van der Waals surface area contributed by atoms with Crippen LogP contribution in [0.5, 0.6) is 5.75 Å². The van der Waals surface area contributed by atoms with Gasteiger partial charge in [-0.2, -0.15) is 0 Å². The van der Waals surface area contributed by atoms with Crippen molar-refractivity contribution in [1.82, 2.24) is 4.98 Å². The Morgan fingerprint density at radius 2 is 2.16 bits per heavy atom. The molecule has 0 N–H and O–H groups in total. The minimum absolute atomic E-state index is 0.0597. The van der Waals surface area contributed by atoms with E-state index in [0.29, 0.717) is 10.9 Å². The molecule has 1 aromatic heterocycles. The molecule has 0 bridgehead atoms. The van der Waals surface area contributed by atoms with Gasteiger partial charge in [0.05, 0.1) is 12.2 Å². The van der Waals surface area contributed by atoms with Gasteiger partial charge in [0.1, 0.15) is 6.10 Å². The zero-order valence-corrected chi connectivity index (χ0v) is 11.6. The summed E-state index contributed by atoms with van der Waals surface area (Å²) in [6.45, 7) is 2.29. The number of pyridine rings is 1. The van der Waals surface area contributed by atoms with E-state index in [1.807, 2.05) is 12.1 Å². The molecule has 3 rings (SSSR count). The van der Waals surface area contributed by atoms with E-state index in [0.717, 1.165) is 45.5 Å². The SMILES string of the molecule is Clc1ncccc1OC1CCOC2(CCOCC2)C1. The second-order valence-electron chi connectivity index (χ2n) is 5.17. The average molecular weight is 284 g/mol. The Morgan fingerprint density at radius 3 is 2.95 bits per heavy atom. The van der Waals surface area contributed by atoms with Crippen LogP contribution in [0.3, 0.4) is 0 Å². The topological polar surface area (TPSA) is 40.6 Å². The third kappa shape index (κ3) is 3.02. The molecule has 5 heteroatoms. The molecule has 2 aliphatic rings. The van der Waals surface area contributed by atoms with Crippen molar-refractivity contribution < 1.29 is 14.2 Å². The molecule has 2 saturated heterocycles. The first-order chi connectivity index (χ1) is 9.27. The van der Waals surface area contributed by atoms with Gasteiger partial charge in [-0.15, -0.1) is 0 Å². The Bertz CT molecular complexity index is 429. The van der Waals surface area contributed by atoms with Crippen LogP contribution in [-0.2, 0) is 9.47 Å². The molecule has 2 fully saturated rings. The lowest BCUT2D eigenvalue weighted by molar-refractivity contribution is -0.155. The number of aromatic nitrogens is 1. The summed E-state index contributed by atoms with van der Waals surface area (Å²) in [6, 6.07) is 3.70. The van der Waals surface area contributed by atoms with Crippen LogP contribution in [0.15, 0.2) is 18.3 Å². The molecule has 4 nitrogen and oxygen atoms in total. The van der Waals surface area contributed by atoms with Crippen LogP contribution in [0.1, 0.15) is 25.7 Å². The zero-order chi connectivity index (χ0) is 13.1. The second-order valence-corrected chi connectivity index (χ2v) is 5.53. The molecule has 0 radical (unpaired) electrons. The molecule has 1 unspecified atom stereocenters. The van der Waals surface area contributed by atoms with Crippen LogP contribution in [0.2, 0.25) is 5.15 Å². The van der Waals surface area contributed by atoms with Gasteiger partial charge in [0, 0.05) is 32.3 Å². The van der Waals surface area contributed by atoms with Crippen LogP contribution in [0, 0.1) is 0 Å². The van der Waals surface area contributed by atoms with Crippen molar-refractivity contribution in [3.05, 3.63) is 23.5 Å². The summed E-state index contributed by atoms with van der Waals surface area (Å²) in [5.74, 6) is 0.665. The Kier molecular flexibility index (Phi) is 3.91. The number of hydrogen-bond acceptors (Lipinski definition) is 4. The fraction of sp³-hybridized carbons (Fsp3) is 0.643. The lowest BCUT2D eigenvalue weighted by atomic mass is 9.85. The Labute approximate surface area is 118 Å². The number of rotatable bonds is 2. The highest BCUT2D eigenvalue weighted by Crippen LogP contribution is 2.36. The summed E-state index contributed by atoms with van der Waals surface area (Å²) in [5, 5.41) is 0.426. The van der Waals surface area contributed by atoms with E-state index in [1.54, 1.807) is 6.20 Å². The molecule has 1 spiro atoms. The maximum Gasteiger partial charge on any atom is 0.171 e. The highest BCUT2D eigenvalue weighted by molar-refractivity contribution is 6.30. The summed E-state index contributed by atoms with van der Waals surface area (Å²) in [4.78, 5) is 4.04. The number of halogens is 1. The third-order valence-electron chi connectivity index (χ3n) is 3.87. The summed E-state index contributed by atoms with van der Waals surface area (Å²) in [5.41, 5.74) is -0.0597. The van der Waals surface area contributed by atoms with Crippen LogP contribution in [0.4, 0.5) is 0 Å². The summed E-state index contributed by atoms with van der Waals surface area (Å²) < 4.78 is 17.4. The van der Waals surface area contributed by atoms with Crippen LogP contribution >= 0.6 is 11.6 Å². The zero-order valence-electron chi connectivity index (χ0n) is 10.8. The Hall–Kier alpha value is -0.840. The van der Waals surface area contributed by atoms with Gasteiger partial charge in [-0.05, 0) is 25.0 Å². The molecular weight excluding hydrogens is 266 g/mol. The lowest BCUT2D eigenvalue weighted by Crippen LogP contribution is -2.47. The van der Waals surface area contributed by atoms with E-state index >= 15 is 0 Å². The molecule has 1 aromatic rings. The van der Waals surface area contributed by atoms with E-state index in [9.17, 15) is 0 Å². The third-order valence-corrected chi connectivity index (χ3v) is 4.15. The first-order valence-corrected chi connectivity index (χ1v) is 7.14. The highest BCUT2D eigenvalue weighted by Gasteiger charge is 2.40. The predicted octanol–water partition coefficient (Wildman–Crippen LogP) is 2.84. The van der Waals surface area contributed by atoms with E-state index in [-0.39, 0.29) is 11.7 Å². The molecule has 19 heavy (non-hydrogen) atoms. The van der Waals surface area contributed by atoms with Crippen molar-refractivity contribution in [2.75, 3.05) is 19.8 Å². The van der Waals surface area contributed by atoms with Crippen molar-refractivity contribution in [3.8, 4) is 5.75 Å². The van der Waals surface area contributed by atoms with Gasteiger partial charge in [0.25, 0.3) is 0 Å². The molecule has 0 saturated carbocycles. The maximum absolute atomic E-state index is 6.03. The van der Waals surface area contributed by atoms with Gasteiger partial charge in [-0.3, -0.25) is 0 Å². The lowest BCUT2D eigenvalue weighted by Gasteiger charge is -2.43. The maximum atomic E-state index is 6.03. The summed E-state index contributed by atoms with van der Waals surface area (Å²) >= 11 is 6.03. The van der Waals surface area contributed by atoms with Crippen molar-refractivity contribution >= 4 is 11.6 Å². The van der Waals surface area contributed by atoms with E-state index in [4.69, 9.17) is 25.8 Å². The van der Waals surface area contributed by atoms with Gasteiger partial charge in [0.15, 0.2) is 10.9 Å². The van der Waals surface area contributed by atoms with Gasteiger partial charge in [0.2, 0.25) is 0 Å². The largest absolute Gasteiger partial charge is 0.487 e. The highest BCUT2D eigenvalue weighted by atomic mass is 35.5. The van der Waals surface area contributed by atoms with Gasteiger partial charge >= 0.3 is 0 Å². The number of ether oxygens (including phenoxy) is 3. The molecule has 104 valence electrons.